The number of hydrogen-bond acceptors (Lipinski definition) is 3. The third-order valence-corrected chi connectivity index (χ3v) is 11.1. The molecule has 4 heteroatoms. The number of rotatable bonds is 4. The van der Waals surface area contributed by atoms with E-state index in [2.05, 4.69) is 173 Å². The molecule has 2 atom stereocenters. The van der Waals surface area contributed by atoms with Crippen molar-refractivity contribution in [2.75, 3.05) is 4.90 Å². The Bertz CT molecular complexity index is 2190. The van der Waals surface area contributed by atoms with Crippen LogP contribution in [0.2, 0.25) is 0 Å². The highest BCUT2D eigenvalue weighted by Crippen LogP contribution is 2.55. The predicted octanol–water partition coefficient (Wildman–Crippen LogP) is 10.8. The second-order valence-electron chi connectivity index (χ2n) is 11.6. The van der Waals surface area contributed by atoms with Gasteiger partial charge in [-0.25, -0.2) is 0 Å². The molecule has 1 aromatic heterocycles. The second kappa shape index (κ2) is 10.9. The lowest BCUT2D eigenvalue weighted by Gasteiger charge is -2.33. The summed E-state index contributed by atoms with van der Waals surface area (Å²) in [5, 5.41) is 2.54. The quantitative estimate of drug-likeness (QED) is 0.182. The summed E-state index contributed by atoms with van der Waals surface area (Å²) in [5.74, 6) is 0. The molecule has 0 radical (unpaired) electrons. The van der Waals surface area contributed by atoms with E-state index in [0.717, 1.165) is 0 Å². The van der Waals surface area contributed by atoms with Gasteiger partial charge in [0.2, 0.25) is 11.6 Å². The van der Waals surface area contributed by atoms with Crippen molar-refractivity contribution in [1.29, 1.82) is 0 Å². The Morgan fingerprint density at radius 2 is 1.11 bits per heavy atom. The first-order valence-corrected chi connectivity index (χ1v) is 17.0. The van der Waals surface area contributed by atoms with Gasteiger partial charge in [0.25, 0.3) is 5.01 Å². The minimum Gasteiger partial charge on any atom is -0.320 e. The first kappa shape index (κ1) is 26.5. The number of anilines is 1. The van der Waals surface area contributed by atoms with Gasteiger partial charge >= 0.3 is 0 Å². The van der Waals surface area contributed by atoms with Crippen LogP contribution in [0, 0.1) is 0 Å². The zero-order valence-electron chi connectivity index (χ0n) is 24.5. The zero-order valence-corrected chi connectivity index (χ0v) is 26.1. The molecule has 0 fully saturated rings. The fourth-order valence-corrected chi connectivity index (χ4v) is 9.17. The first-order valence-electron chi connectivity index (χ1n) is 15.3. The Morgan fingerprint density at radius 3 is 1.78 bits per heavy atom. The van der Waals surface area contributed by atoms with Gasteiger partial charge in [0, 0.05) is 16.5 Å². The van der Waals surface area contributed by atoms with Crippen molar-refractivity contribution in [3.63, 3.8) is 0 Å². The van der Waals surface area contributed by atoms with Gasteiger partial charge in [-0.1, -0.05) is 157 Å². The smallest absolute Gasteiger partial charge is 0.266 e. The zero-order chi connectivity index (χ0) is 29.7. The average Bonchev–Trinajstić information content (AvgIpc) is 3.60. The number of thiazole rings is 1. The fourth-order valence-electron chi connectivity index (χ4n) is 6.89. The van der Waals surface area contributed by atoms with Crippen LogP contribution in [-0.4, -0.2) is 0 Å². The molecule has 0 aliphatic carbocycles. The molecule has 6 aromatic carbocycles. The van der Waals surface area contributed by atoms with Gasteiger partial charge in [-0.3, -0.25) is 0 Å². The van der Waals surface area contributed by atoms with Crippen molar-refractivity contribution in [3.05, 3.63) is 179 Å². The van der Waals surface area contributed by atoms with E-state index in [0.29, 0.717) is 0 Å². The van der Waals surface area contributed by atoms with Crippen LogP contribution in [0.4, 0.5) is 5.69 Å². The molecular weight excluding hydrogens is 585 g/mol. The maximum Gasteiger partial charge on any atom is 0.266 e. The van der Waals surface area contributed by atoms with Crippen molar-refractivity contribution < 1.29 is 4.57 Å². The molecule has 3 heterocycles. The molecule has 0 bridgehead atoms. The number of fused-ring (bicyclic) bond motifs is 6. The van der Waals surface area contributed by atoms with Crippen LogP contribution < -0.4 is 9.47 Å². The highest BCUT2D eigenvalue weighted by Gasteiger charge is 2.47. The summed E-state index contributed by atoms with van der Waals surface area (Å²) in [6.07, 6.45) is 2.43. The maximum atomic E-state index is 2.62. The van der Waals surface area contributed by atoms with E-state index in [4.69, 9.17) is 0 Å². The van der Waals surface area contributed by atoms with E-state index in [1.807, 2.05) is 23.1 Å². The lowest BCUT2D eigenvalue weighted by atomic mass is 9.91. The predicted molar refractivity (Wildman–Crippen MR) is 189 cm³/mol. The molecule has 7 aromatic rings. The number of aromatic nitrogens is 1. The van der Waals surface area contributed by atoms with Gasteiger partial charge in [0.1, 0.15) is 10.7 Å². The van der Waals surface area contributed by atoms with Crippen LogP contribution in [0.3, 0.4) is 0 Å². The normalized spacial score (nSPS) is 16.9. The molecule has 2 nitrogen and oxygen atoms in total. The molecule has 2 aliphatic rings. The van der Waals surface area contributed by atoms with Crippen molar-refractivity contribution >= 4 is 45.1 Å². The minimum atomic E-state index is 0.0315. The standard InChI is InChI=1S/C41H29N2S2/c1-5-13-28(14-6-1)32-21-23-36-34(25-32)42-38(44-36)27-39-43(35-26-33(22-24-37(35)45-39)29-15-7-2-8-16-29)41(31-19-11-4-12-20-31)40(42)30-17-9-3-10-18-30/h1-27,40-41H/q+1. The van der Waals surface area contributed by atoms with E-state index >= 15 is 0 Å². The van der Waals surface area contributed by atoms with Gasteiger partial charge in [-0.05, 0) is 46.0 Å². The van der Waals surface area contributed by atoms with E-state index < -0.39 is 0 Å². The summed E-state index contributed by atoms with van der Waals surface area (Å²) in [5.41, 5.74) is 10.1. The molecule has 0 N–H and O–H groups in total. The number of benzene rings is 6. The second-order valence-corrected chi connectivity index (χ2v) is 13.7. The van der Waals surface area contributed by atoms with Crippen LogP contribution >= 0.6 is 23.1 Å². The highest BCUT2D eigenvalue weighted by atomic mass is 32.2. The van der Waals surface area contributed by atoms with Gasteiger partial charge in [-0.2, -0.15) is 4.57 Å². The topological polar surface area (TPSA) is 7.12 Å². The van der Waals surface area contributed by atoms with Gasteiger partial charge < -0.3 is 4.90 Å². The molecule has 2 aliphatic heterocycles. The van der Waals surface area contributed by atoms with Gasteiger partial charge in [0.05, 0.1) is 16.8 Å². The molecule has 0 amide bonds. The molecular formula is C41H29N2S2+. The summed E-state index contributed by atoms with van der Waals surface area (Å²) < 4.78 is 3.92. The Labute approximate surface area is 271 Å². The molecule has 45 heavy (non-hydrogen) atoms. The van der Waals surface area contributed by atoms with Crippen LogP contribution in [0.25, 0.3) is 38.5 Å². The lowest BCUT2D eigenvalue weighted by Crippen LogP contribution is -2.47. The summed E-state index contributed by atoms with van der Waals surface area (Å²) in [4.78, 5) is 3.92. The third-order valence-electron chi connectivity index (χ3n) is 8.94. The monoisotopic (exact) mass is 613 g/mol. The first-order chi connectivity index (χ1) is 22.3. The fraction of sp³-hybridized carbons (Fsp3) is 0.0488. The van der Waals surface area contributed by atoms with Gasteiger partial charge in [0.15, 0.2) is 0 Å². The van der Waals surface area contributed by atoms with Crippen LogP contribution in [0.1, 0.15) is 28.2 Å². The number of hydrogen-bond donors (Lipinski definition) is 0. The largest absolute Gasteiger partial charge is 0.320 e. The summed E-state index contributed by atoms with van der Waals surface area (Å²) in [6.45, 7) is 0. The van der Waals surface area contributed by atoms with Crippen LogP contribution in [0.15, 0.2) is 168 Å². The average molecular weight is 614 g/mol. The van der Waals surface area contributed by atoms with E-state index in [1.165, 1.54) is 64.2 Å². The maximum absolute atomic E-state index is 2.62. The van der Waals surface area contributed by atoms with Crippen molar-refractivity contribution in [2.45, 2.75) is 17.0 Å². The molecule has 214 valence electrons. The minimum absolute atomic E-state index is 0.0315. The third kappa shape index (κ3) is 4.52. The summed E-state index contributed by atoms with van der Waals surface area (Å²) >= 11 is 3.77. The molecule has 9 rings (SSSR count). The Hall–Kier alpha value is -4.90. The molecule has 0 saturated heterocycles. The summed E-state index contributed by atoms with van der Waals surface area (Å²) in [6, 6.07) is 57.7. The van der Waals surface area contributed by atoms with E-state index in [-0.39, 0.29) is 12.1 Å². The Morgan fingerprint density at radius 1 is 0.533 bits per heavy atom. The van der Waals surface area contributed by atoms with Gasteiger partial charge in [-0.15, -0.1) is 0 Å². The number of nitrogens with zero attached hydrogens (tertiary/aromatic N) is 2. The van der Waals surface area contributed by atoms with E-state index in [1.54, 1.807) is 0 Å². The van der Waals surface area contributed by atoms with Crippen molar-refractivity contribution in [1.82, 2.24) is 0 Å². The van der Waals surface area contributed by atoms with E-state index in [9.17, 15) is 0 Å². The Balaban J connectivity index is 1.32. The highest BCUT2D eigenvalue weighted by molar-refractivity contribution is 8.03. The summed E-state index contributed by atoms with van der Waals surface area (Å²) in [7, 11) is 0. The van der Waals surface area contributed by atoms with Crippen molar-refractivity contribution in [2.24, 2.45) is 0 Å². The SMILES string of the molecule is C1=C2Sc3ccc(-c4ccccc4)cc3N2C(c2ccccc2)C(c2ccccc2)[n+]2c1sc1ccc(-c3ccccc3)cc12. The lowest BCUT2D eigenvalue weighted by molar-refractivity contribution is -0.689. The van der Waals surface area contributed by atoms with Crippen LogP contribution in [0.5, 0.6) is 0 Å². The molecule has 0 spiro atoms. The molecule has 2 unspecified atom stereocenters. The Kier molecular flexibility index (Phi) is 6.43. The molecule has 0 saturated carbocycles. The van der Waals surface area contributed by atoms with Crippen LogP contribution in [-0.2, 0) is 0 Å². The van der Waals surface area contributed by atoms with Crippen molar-refractivity contribution in [3.8, 4) is 22.3 Å². The number of thioether (sulfide) groups is 1.